The zero-order valence-corrected chi connectivity index (χ0v) is 15.7. The van der Waals surface area contributed by atoms with Crippen LogP contribution >= 0.6 is 0 Å². The number of hydrogen-bond acceptors (Lipinski definition) is 2. The summed E-state index contributed by atoms with van der Waals surface area (Å²) in [6, 6.07) is 14.4. The highest BCUT2D eigenvalue weighted by atomic mass is 16.5. The highest BCUT2D eigenvalue weighted by Gasteiger charge is 2.33. The summed E-state index contributed by atoms with van der Waals surface area (Å²) in [5, 5.41) is 2.28. The molecule has 1 aliphatic rings. The van der Waals surface area contributed by atoms with Gasteiger partial charge in [0.05, 0.1) is 5.57 Å². The van der Waals surface area contributed by atoms with E-state index in [1.54, 1.807) is 0 Å². The summed E-state index contributed by atoms with van der Waals surface area (Å²) in [6.07, 6.45) is 9.90. The number of hydrogen-bond donors (Lipinski definition) is 0. The van der Waals surface area contributed by atoms with E-state index >= 15 is 0 Å². The lowest BCUT2D eigenvalue weighted by molar-refractivity contribution is -0.139. The summed E-state index contributed by atoms with van der Waals surface area (Å²) < 4.78 is 5.82. The van der Waals surface area contributed by atoms with Crippen molar-refractivity contribution in [2.45, 2.75) is 39.7 Å². The lowest BCUT2D eigenvalue weighted by Crippen LogP contribution is -2.04. The molecule has 1 aliphatic heterocycles. The number of carbonyl (C=O) groups is 1. The first-order chi connectivity index (χ1) is 12.7. The Morgan fingerprint density at radius 1 is 1.04 bits per heavy atom. The van der Waals surface area contributed by atoms with Gasteiger partial charge in [0.2, 0.25) is 0 Å². The highest BCUT2D eigenvalue weighted by molar-refractivity contribution is 5.97. The van der Waals surface area contributed by atoms with Crippen LogP contribution in [0.5, 0.6) is 0 Å². The van der Waals surface area contributed by atoms with Crippen molar-refractivity contribution >= 4 is 16.7 Å². The van der Waals surface area contributed by atoms with Gasteiger partial charge in [0, 0.05) is 11.1 Å². The van der Waals surface area contributed by atoms with Gasteiger partial charge in [0.15, 0.2) is 6.10 Å². The molecule has 0 aliphatic carbocycles. The Labute approximate surface area is 155 Å². The van der Waals surface area contributed by atoms with E-state index in [1.165, 1.54) is 0 Å². The molecule has 0 amide bonds. The molecule has 0 fully saturated rings. The van der Waals surface area contributed by atoms with E-state index in [4.69, 9.17) is 4.74 Å². The van der Waals surface area contributed by atoms with Crippen LogP contribution in [0.1, 0.15) is 45.3 Å². The van der Waals surface area contributed by atoms with Gasteiger partial charge in [-0.15, -0.1) is 0 Å². The van der Waals surface area contributed by atoms with Crippen LogP contribution < -0.4 is 0 Å². The molecule has 1 heterocycles. The third-order valence-electron chi connectivity index (χ3n) is 5.07. The number of fused-ring (bicyclic) bond motifs is 1. The second kappa shape index (κ2) is 8.18. The molecule has 134 valence electrons. The normalized spacial score (nSPS) is 18.0. The summed E-state index contributed by atoms with van der Waals surface area (Å²) in [7, 11) is 0. The van der Waals surface area contributed by atoms with Crippen molar-refractivity contribution in [3.05, 3.63) is 83.5 Å². The second-order valence-electron chi connectivity index (χ2n) is 6.66. The molecule has 2 aromatic carbocycles. The smallest absolute Gasteiger partial charge is 0.339 e. The molecule has 0 aromatic heterocycles. The maximum atomic E-state index is 12.5. The zero-order chi connectivity index (χ0) is 18.5. The Hall–Kier alpha value is -2.61. The zero-order valence-electron chi connectivity index (χ0n) is 15.7. The molecule has 1 unspecified atom stereocenters. The van der Waals surface area contributed by atoms with Gasteiger partial charge in [-0.05, 0) is 36.5 Å². The molecule has 0 N–H and O–H groups in total. The fourth-order valence-electron chi connectivity index (χ4n) is 3.51. The minimum Gasteiger partial charge on any atom is -0.449 e. The van der Waals surface area contributed by atoms with Crippen LogP contribution in [0.2, 0.25) is 0 Å². The van der Waals surface area contributed by atoms with Crippen LogP contribution in [0.4, 0.5) is 0 Å². The fraction of sp³-hybridized carbons (Fsp3) is 0.292. The predicted octanol–water partition coefficient (Wildman–Crippen LogP) is 6.30. The van der Waals surface area contributed by atoms with Crippen LogP contribution in [0.3, 0.4) is 0 Å². The van der Waals surface area contributed by atoms with E-state index < -0.39 is 0 Å². The quantitative estimate of drug-likeness (QED) is 0.573. The molecule has 0 spiro atoms. The van der Waals surface area contributed by atoms with Gasteiger partial charge >= 0.3 is 5.97 Å². The van der Waals surface area contributed by atoms with Gasteiger partial charge in [0.25, 0.3) is 0 Å². The molecule has 2 aromatic rings. The molecule has 1 atom stereocenters. The Kier molecular flexibility index (Phi) is 5.72. The third-order valence-corrected chi connectivity index (χ3v) is 5.07. The van der Waals surface area contributed by atoms with Crippen LogP contribution in [-0.2, 0) is 9.53 Å². The fourth-order valence-corrected chi connectivity index (χ4v) is 3.51. The molecule has 26 heavy (non-hydrogen) atoms. The van der Waals surface area contributed by atoms with E-state index in [1.807, 2.05) is 37.3 Å². The van der Waals surface area contributed by atoms with Crippen LogP contribution in [0.15, 0.2) is 77.9 Å². The van der Waals surface area contributed by atoms with E-state index in [-0.39, 0.29) is 12.1 Å². The summed E-state index contributed by atoms with van der Waals surface area (Å²) in [6.45, 7) is 6.31. The van der Waals surface area contributed by atoms with E-state index in [9.17, 15) is 4.79 Å². The molecular formula is C24H26O2. The highest BCUT2D eigenvalue weighted by Crippen LogP contribution is 2.39. The molecule has 0 saturated carbocycles. The summed E-state index contributed by atoms with van der Waals surface area (Å²) in [5.41, 5.74) is 2.66. The topological polar surface area (TPSA) is 26.3 Å². The SMILES string of the molecule is C/C=C/C1=C(/C=C/C(CC)CC)C(c2cccc3ccccc23)OC1=O. The number of cyclic esters (lactones) is 1. The minimum atomic E-state index is -0.356. The molecule has 0 radical (unpaired) electrons. The van der Waals surface area contributed by atoms with Crippen molar-refractivity contribution in [1.82, 2.24) is 0 Å². The molecule has 3 rings (SSSR count). The predicted molar refractivity (Wildman–Crippen MR) is 108 cm³/mol. The molecule has 2 heteroatoms. The Morgan fingerprint density at radius 2 is 1.77 bits per heavy atom. The van der Waals surface area contributed by atoms with Crippen LogP contribution in [0.25, 0.3) is 10.8 Å². The van der Waals surface area contributed by atoms with Gasteiger partial charge in [-0.1, -0.05) is 80.6 Å². The van der Waals surface area contributed by atoms with Gasteiger partial charge in [0.1, 0.15) is 0 Å². The number of carbonyl (C=O) groups excluding carboxylic acids is 1. The number of esters is 1. The Balaban J connectivity index is 2.11. The summed E-state index contributed by atoms with van der Waals surface area (Å²) >= 11 is 0. The molecular weight excluding hydrogens is 320 g/mol. The Bertz CT molecular complexity index is 877. The number of ether oxygens (including phenoxy) is 1. The van der Waals surface area contributed by atoms with Crippen LogP contribution in [-0.4, -0.2) is 5.97 Å². The van der Waals surface area contributed by atoms with Crippen LogP contribution in [0, 0.1) is 5.92 Å². The van der Waals surface area contributed by atoms with Crippen molar-refractivity contribution in [2.24, 2.45) is 5.92 Å². The Morgan fingerprint density at radius 3 is 2.50 bits per heavy atom. The summed E-state index contributed by atoms with van der Waals surface area (Å²) in [4.78, 5) is 12.5. The molecule has 0 bridgehead atoms. The number of rotatable bonds is 6. The summed E-state index contributed by atoms with van der Waals surface area (Å²) in [5.74, 6) is 0.267. The number of allylic oxidation sites excluding steroid dienone is 2. The minimum absolute atomic E-state index is 0.245. The second-order valence-corrected chi connectivity index (χ2v) is 6.66. The van der Waals surface area contributed by atoms with Gasteiger partial charge < -0.3 is 4.74 Å². The maximum absolute atomic E-state index is 12.5. The lowest BCUT2D eigenvalue weighted by atomic mass is 9.92. The first kappa shape index (κ1) is 18.2. The van der Waals surface area contributed by atoms with Gasteiger partial charge in [-0.3, -0.25) is 0 Å². The number of benzene rings is 2. The maximum Gasteiger partial charge on any atom is 0.339 e. The largest absolute Gasteiger partial charge is 0.449 e. The average molecular weight is 346 g/mol. The van der Waals surface area contributed by atoms with Crippen molar-refractivity contribution in [3.63, 3.8) is 0 Å². The van der Waals surface area contributed by atoms with E-state index in [0.29, 0.717) is 11.5 Å². The molecule has 0 saturated heterocycles. The van der Waals surface area contributed by atoms with Crippen molar-refractivity contribution in [1.29, 1.82) is 0 Å². The first-order valence-electron chi connectivity index (χ1n) is 9.43. The van der Waals surface area contributed by atoms with Crippen molar-refractivity contribution in [2.75, 3.05) is 0 Å². The van der Waals surface area contributed by atoms with Gasteiger partial charge in [-0.25, -0.2) is 4.79 Å². The average Bonchev–Trinajstić information content (AvgIpc) is 2.98. The lowest BCUT2D eigenvalue weighted by Gasteiger charge is -2.16. The van der Waals surface area contributed by atoms with Crippen molar-refractivity contribution in [3.8, 4) is 0 Å². The van der Waals surface area contributed by atoms with E-state index in [2.05, 4.69) is 50.3 Å². The van der Waals surface area contributed by atoms with Crippen molar-refractivity contribution < 1.29 is 9.53 Å². The van der Waals surface area contributed by atoms with E-state index in [0.717, 1.165) is 34.8 Å². The third kappa shape index (κ3) is 3.50. The van der Waals surface area contributed by atoms with Gasteiger partial charge in [-0.2, -0.15) is 0 Å². The monoisotopic (exact) mass is 346 g/mol. The standard InChI is InChI=1S/C24H26O2/c1-4-10-22-21(16-15-17(5-2)6-3)23(26-24(22)25)20-14-9-12-18-11-7-8-13-19(18)20/h4,7-17,23H,5-6H2,1-3H3/b10-4+,16-15+. The first-order valence-corrected chi connectivity index (χ1v) is 9.43. The molecule has 2 nitrogen and oxygen atoms in total.